The highest BCUT2D eigenvalue weighted by molar-refractivity contribution is 5.92. The van der Waals surface area contributed by atoms with Gasteiger partial charge in [0.15, 0.2) is 5.78 Å². The van der Waals surface area contributed by atoms with Crippen LogP contribution in [0.25, 0.3) is 0 Å². The SMILES string of the molecule is C=C1C[C@@]23CC[C@@H]4C(C)(C)[C@@H](O)CC[C@@]4(C)[C@@H]2C[C@@H]1[C@@H](O)C3=O. The van der Waals surface area contributed by atoms with E-state index in [4.69, 9.17) is 0 Å². The van der Waals surface area contributed by atoms with Crippen LogP contribution in [-0.4, -0.2) is 28.2 Å². The zero-order chi connectivity index (χ0) is 16.8. The second-order valence-electron chi connectivity index (χ2n) is 9.67. The molecule has 2 N–H and O–H groups in total. The van der Waals surface area contributed by atoms with Crippen molar-refractivity contribution in [1.82, 2.24) is 0 Å². The van der Waals surface area contributed by atoms with Crippen LogP contribution in [0.5, 0.6) is 0 Å². The highest BCUT2D eigenvalue weighted by Gasteiger charge is 2.68. The van der Waals surface area contributed by atoms with E-state index < -0.39 is 6.10 Å². The topological polar surface area (TPSA) is 57.5 Å². The van der Waals surface area contributed by atoms with Gasteiger partial charge in [-0.25, -0.2) is 0 Å². The third kappa shape index (κ3) is 1.71. The predicted octanol–water partition coefficient (Wildman–Crippen LogP) is 3.10. The molecule has 128 valence electrons. The van der Waals surface area contributed by atoms with Gasteiger partial charge in [-0.15, -0.1) is 0 Å². The van der Waals surface area contributed by atoms with E-state index in [2.05, 4.69) is 27.4 Å². The fourth-order valence-corrected chi connectivity index (χ4v) is 7.28. The Labute approximate surface area is 139 Å². The van der Waals surface area contributed by atoms with E-state index in [9.17, 15) is 15.0 Å². The van der Waals surface area contributed by atoms with Gasteiger partial charge in [0.05, 0.1) is 6.10 Å². The zero-order valence-electron chi connectivity index (χ0n) is 14.6. The van der Waals surface area contributed by atoms with Crippen molar-refractivity contribution in [3.63, 3.8) is 0 Å². The second-order valence-corrected chi connectivity index (χ2v) is 9.67. The minimum absolute atomic E-state index is 0.0417. The Morgan fingerprint density at radius 3 is 2.48 bits per heavy atom. The van der Waals surface area contributed by atoms with Crippen LogP contribution in [0.4, 0.5) is 0 Å². The van der Waals surface area contributed by atoms with E-state index in [0.717, 1.165) is 44.1 Å². The predicted molar refractivity (Wildman–Crippen MR) is 88.7 cm³/mol. The van der Waals surface area contributed by atoms with Crippen LogP contribution >= 0.6 is 0 Å². The molecule has 5 rings (SSSR count). The van der Waals surface area contributed by atoms with Crippen molar-refractivity contribution in [2.24, 2.45) is 34.0 Å². The van der Waals surface area contributed by atoms with Gasteiger partial charge in [-0.05, 0) is 61.2 Å². The molecule has 0 radical (unpaired) electrons. The molecule has 5 aliphatic carbocycles. The number of hydrogen-bond acceptors (Lipinski definition) is 3. The molecule has 2 bridgehead atoms. The second kappa shape index (κ2) is 4.49. The average molecular weight is 318 g/mol. The van der Waals surface area contributed by atoms with Crippen LogP contribution in [0.3, 0.4) is 0 Å². The molecular formula is C20H30O3. The molecule has 0 unspecified atom stereocenters. The number of Topliss-reactive ketones (excluding diaryl/α,β-unsaturated/α-hetero) is 1. The van der Waals surface area contributed by atoms with E-state index in [1.807, 2.05) is 0 Å². The van der Waals surface area contributed by atoms with Crippen LogP contribution < -0.4 is 0 Å². The van der Waals surface area contributed by atoms with Crippen molar-refractivity contribution in [3.8, 4) is 0 Å². The van der Waals surface area contributed by atoms with Gasteiger partial charge in [0.1, 0.15) is 6.10 Å². The smallest absolute Gasteiger partial charge is 0.168 e. The number of fused-ring (bicyclic) bond motifs is 3. The molecule has 1 spiro atoms. The fourth-order valence-electron chi connectivity index (χ4n) is 7.28. The van der Waals surface area contributed by atoms with Gasteiger partial charge in [-0.2, -0.15) is 0 Å². The van der Waals surface area contributed by atoms with Gasteiger partial charge in [-0.1, -0.05) is 32.9 Å². The Morgan fingerprint density at radius 2 is 1.78 bits per heavy atom. The lowest BCUT2D eigenvalue weighted by Gasteiger charge is -2.68. The lowest BCUT2D eigenvalue weighted by Crippen LogP contribution is -2.67. The van der Waals surface area contributed by atoms with Gasteiger partial charge in [0, 0.05) is 11.3 Å². The molecule has 0 aromatic rings. The number of rotatable bonds is 0. The highest BCUT2D eigenvalue weighted by Crippen LogP contribution is 2.70. The Morgan fingerprint density at radius 1 is 1.09 bits per heavy atom. The molecular weight excluding hydrogens is 288 g/mol. The molecule has 7 atom stereocenters. The molecule has 0 aromatic heterocycles. The van der Waals surface area contributed by atoms with E-state index in [-0.39, 0.29) is 34.1 Å². The Hall–Kier alpha value is -0.670. The molecule has 23 heavy (non-hydrogen) atoms. The number of carbonyl (C=O) groups excluding carboxylic acids is 1. The summed E-state index contributed by atoms with van der Waals surface area (Å²) in [6.45, 7) is 10.9. The normalized spacial score (nSPS) is 54.6. The molecule has 3 heteroatoms. The molecule has 0 heterocycles. The van der Waals surface area contributed by atoms with Crippen molar-refractivity contribution in [1.29, 1.82) is 0 Å². The first kappa shape index (κ1) is 15.8. The van der Waals surface area contributed by atoms with Crippen LogP contribution in [-0.2, 0) is 4.79 Å². The Balaban J connectivity index is 1.80. The van der Waals surface area contributed by atoms with Gasteiger partial charge >= 0.3 is 0 Å². The quantitative estimate of drug-likeness (QED) is 0.675. The summed E-state index contributed by atoms with van der Waals surface area (Å²) in [5.41, 5.74) is 0.708. The first-order chi connectivity index (χ1) is 10.6. The molecule has 0 aliphatic heterocycles. The summed E-state index contributed by atoms with van der Waals surface area (Å²) in [5.74, 6) is 0.841. The maximum absolute atomic E-state index is 13.0. The highest BCUT2D eigenvalue weighted by atomic mass is 16.3. The third-order valence-electron chi connectivity index (χ3n) is 8.55. The Bertz CT molecular complexity index is 579. The van der Waals surface area contributed by atoms with E-state index in [1.54, 1.807) is 0 Å². The number of aliphatic hydroxyl groups excluding tert-OH is 2. The van der Waals surface area contributed by atoms with Gasteiger partial charge in [0.2, 0.25) is 0 Å². The summed E-state index contributed by atoms with van der Waals surface area (Å²) in [5, 5.41) is 21.0. The summed E-state index contributed by atoms with van der Waals surface area (Å²) >= 11 is 0. The maximum atomic E-state index is 13.0. The maximum Gasteiger partial charge on any atom is 0.168 e. The largest absolute Gasteiger partial charge is 0.393 e. The van der Waals surface area contributed by atoms with Crippen molar-refractivity contribution in [3.05, 3.63) is 12.2 Å². The number of carbonyl (C=O) groups is 1. The summed E-state index contributed by atoms with van der Waals surface area (Å²) in [6.07, 6.45) is 4.28. The molecule has 5 saturated carbocycles. The lowest BCUT2D eigenvalue weighted by atomic mass is 9.36. The van der Waals surface area contributed by atoms with Crippen LogP contribution in [0.2, 0.25) is 0 Å². The average Bonchev–Trinajstić information content (AvgIpc) is 2.48. The first-order valence-corrected chi connectivity index (χ1v) is 9.23. The van der Waals surface area contributed by atoms with E-state index in [1.165, 1.54) is 0 Å². The van der Waals surface area contributed by atoms with Gasteiger partial charge < -0.3 is 10.2 Å². The zero-order valence-corrected chi connectivity index (χ0v) is 14.6. The number of ketones is 1. The molecule has 5 aliphatic rings. The van der Waals surface area contributed by atoms with Crippen molar-refractivity contribution in [2.45, 2.75) is 71.5 Å². The van der Waals surface area contributed by atoms with Gasteiger partial charge in [0.25, 0.3) is 0 Å². The van der Waals surface area contributed by atoms with E-state index in [0.29, 0.717) is 11.8 Å². The summed E-state index contributed by atoms with van der Waals surface area (Å²) < 4.78 is 0. The summed E-state index contributed by atoms with van der Waals surface area (Å²) in [4.78, 5) is 13.0. The third-order valence-corrected chi connectivity index (χ3v) is 8.55. The molecule has 5 fully saturated rings. The molecule has 3 nitrogen and oxygen atoms in total. The Kier molecular flexibility index (Phi) is 3.09. The van der Waals surface area contributed by atoms with Crippen LogP contribution in [0.15, 0.2) is 12.2 Å². The standard InChI is InChI=1S/C20H30O3/c1-11-10-20-8-5-13-18(2,3)15(21)6-7-19(13,4)14(20)9-12(11)16(22)17(20)23/h12-16,21-22H,1,5-10H2,2-4H3/t12-,13+,14-,15-,16+,19+,20-/m0/s1. The van der Waals surface area contributed by atoms with Crippen LogP contribution in [0, 0.1) is 34.0 Å². The fraction of sp³-hybridized carbons (Fsp3) is 0.850. The molecule has 0 aromatic carbocycles. The summed E-state index contributed by atoms with van der Waals surface area (Å²) in [7, 11) is 0. The summed E-state index contributed by atoms with van der Waals surface area (Å²) in [6, 6.07) is 0. The monoisotopic (exact) mass is 318 g/mol. The van der Waals surface area contributed by atoms with E-state index >= 15 is 0 Å². The van der Waals surface area contributed by atoms with Gasteiger partial charge in [-0.3, -0.25) is 4.79 Å². The lowest BCUT2D eigenvalue weighted by molar-refractivity contribution is -0.207. The van der Waals surface area contributed by atoms with Crippen molar-refractivity contribution in [2.75, 3.05) is 0 Å². The number of hydrogen-bond donors (Lipinski definition) is 2. The van der Waals surface area contributed by atoms with Crippen molar-refractivity contribution < 1.29 is 15.0 Å². The number of aliphatic hydroxyl groups is 2. The van der Waals surface area contributed by atoms with Crippen LogP contribution in [0.1, 0.15) is 59.3 Å². The first-order valence-electron chi connectivity index (χ1n) is 9.23. The molecule has 0 amide bonds. The minimum atomic E-state index is -0.824. The van der Waals surface area contributed by atoms with Crippen molar-refractivity contribution >= 4 is 5.78 Å². The minimum Gasteiger partial charge on any atom is -0.393 e. The molecule has 0 saturated heterocycles.